The van der Waals surface area contributed by atoms with Gasteiger partial charge in [-0.05, 0) is 18.8 Å². The predicted octanol–water partition coefficient (Wildman–Crippen LogP) is 0.960. The summed E-state index contributed by atoms with van der Waals surface area (Å²) >= 11 is 0. The zero-order valence-electron chi connectivity index (χ0n) is 12.1. The van der Waals surface area contributed by atoms with E-state index in [0.29, 0.717) is 17.9 Å². The van der Waals surface area contributed by atoms with Crippen molar-refractivity contribution < 1.29 is 4.74 Å². The highest BCUT2D eigenvalue weighted by Gasteiger charge is 2.26. The molecule has 0 bridgehead atoms. The fraction of sp³-hybridized carbons (Fsp3) is 0.769. The van der Waals surface area contributed by atoms with Crippen LogP contribution in [0.25, 0.3) is 0 Å². The third kappa shape index (κ3) is 2.92. The maximum Gasteiger partial charge on any atom is 0.232 e. The first-order valence-corrected chi connectivity index (χ1v) is 7.27. The van der Waals surface area contributed by atoms with Crippen molar-refractivity contribution in [1.82, 2.24) is 15.0 Å². The van der Waals surface area contributed by atoms with Crippen LogP contribution in [0.4, 0.5) is 17.8 Å². The lowest BCUT2D eigenvalue weighted by Crippen LogP contribution is -2.38. The van der Waals surface area contributed by atoms with E-state index < -0.39 is 0 Å². The Morgan fingerprint density at radius 1 is 1.10 bits per heavy atom. The molecule has 0 amide bonds. The lowest BCUT2D eigenvalue weighted by molar-refractivity contribution is 0.122. The van der Waals surface area contributed by atoms with Crippen LogP contribution in [-0.4, -0.2) is 54.3 Å². The Morgan fingerprint density at radius 3 is 2.45 bits per heavy atom. The molecular formula is C13H22N6O. The summed E-state index contributed by atoms with van der Waals surface area (Å²) in [6.45, 7) is 5.37. The van der Waals surface area contributed by atoms with Crippen molar-refractivity contribution >= 4 is 17.8 Å². The van der Waals surface area contributed by atoms with E-state index in [1.807, 2.05) is 7.05 Å². The minimum atomic E-state index is 0.495. The molecule has 7 heteroatoms. The van der Waals surface area contributed by atoms with Crippen LogP contribution >= 0.6 is 0 Å². The van der Waals surface area contributed by atoms with Gasteiger partial charge in [0.2, 0.25) is 17.8 Å². The predicted molar refractivity (Wildman–Crippen MR) is 78.2 cm³/mol. The second-order valence-electron chi connectivity index (χ2n) is 5.55. The van der Waals surface area contributed by atoms with Crippen molar-refractivity contribution in [3.8, 4) is 0 Å². The quantitative estimate of drug-likeness (QED) is 0.849. The third-order valence-corrected chi connectivity index (χ3v) is 3.85. The van der Waals surface area contributed by atoms with Crippen molar-refractivity contribution in [3.63, 3.8) is 0 Å². The molecule has 2 heterocycles. The topological polar surface area (TPSA) is 75.2 Å². The molecule has 110 valence electrons. The van der Waals surface area contributed by atoms with Crippen molar-refractivity contribution in [2.75, 3.05) is 48.9 Å². The molecule has 1 saturated carbocycles. The van der Waals surface area contributed by atoms with Crippen molar-refractivity contribution in [2.45, 2.75) is 25.8 Å². The summed E-state index contributed by atoms with van der Waals surface area (Å²) < 4.78 is 5.37. The molecule has 1 aromatic rings. The molecule has 20 heavy (non-hydrogen) atoms. The monoisotopic (exact) mass is 278 g/mol. The first kappa shape index (κ1) is 13.4. The SMILES string of the molecule is CNc1nc(NC2CC(C)C2)nc(N2CCOCC2)n1. The number of hydrogen-bond donors (Lipinski definition) is 2. The lowest BCUT2D eigenvalue weighted by atomic mass is 9.82. The van der Waals surface area contributed by atoms with Gasteiger partial charge in [-0.2, -0.15) is 15.0 Å². The van der Waals surface area contributed by atoms with Crippen LogP contribution in [0.2, 0.25) is 0 Å². The van der Waals surface area contributed by atoms with Gasteiger partial charge < -0.3 is 20.3 Å². The second-order valence-corrected chi connectivity index (χ2v) is 5.55. The van der Waals surface area contributed by atoms with E-state index in [1.165, 1.54) is 12.8 Å². The largest absolute Gasteiger partial charge is 0.378 e. The molecule has 1 saturated heterocycles. The summed E-state index contributed by atoms with van der Waals surface area (Å²) in [6.07, 6.45) is 2.38. The van der Waals surface area contributed by atoms with Crippen LogP contribution in [0, 0.1) is 5.92 Å². The van der Waals surface area contributed by atoms with E-state index >= 15 is 0 Å². The van der Waals surface area contributed by atoms with E-state index in [1.54, 1.807) is 0 Å². The summed E-state index contributed by atoms with van der Waals surface area (Å²) in [7, 11) is 1.83. The van der Waals surface area contributed by atoms with Crippen molar-refractivity contribution in [2.24, 2.45) is 5.92 Å². The molecule has 2 fully saturated rings. The highest BCUT2D eigenvalue weighted by molar-refractivity contribution is 5.44. The number of nitrogens with one attached hydrogen (secondary N) is 2. The van der Waals surface area contributed by atoms with Gasteiger partial charge in [-0.15, -0.1) is 0 Å². The standard InChI is InChI=1S/C13H22N6O/c1-9-7-10(8-9)15-12-16-11(14-2)17-13(18-12)19-3-5-20-6-4-19/h9-10H,3-8H2,1-2H3,(H2,14,15,16,17,18). The van der Waals surface area contributed by atoms with Crippen LogP contribution in [0.3, 0.4) is 0 Å². The number of nitrogens with zero attached hydrogens (tertiary/aromatic N) is 4. The van der Waals surface area contributed by atoms with Gasteiger partial charge in [-0.25, -0.2) is 0 Å². The normalized spacial score (nSPS) is 26.0. The molecule has 1 aliphatic carbocycles. The first-order valence-electron chi connectivity index (χ1n) is 7.27. The van der Waals surface area contributed by atoms with Gasteiger partial charge in [0.05, 0.1) is 13.2 Å². The van der Waals surface area contributed by atoms with E-state index in [4.69, 9.17) is 4.74 Å². The Bertz CT molecular complexity index is 456. The number of morpholine rings is 1. The summed E-state index contributed by atoms with van der Waals surface area (Å²) in [5, 5.41) is 6.41. The van der Waals surface area contributed by atoms with Crippen LogP contribution in [0.5, 0.6) is 0 Å². The Hall–Kier alpha value is -1.63. The summed E-state index contributed by atoms with van der Waals surface area (Å²) in [4.78, 5) is 15.5. The fourth-order valence-corrected chi connectivity index (χ4v) is 2.65. The third-order valence-electron chi connectivity index (χ3n) is 3.85. The molecule has 1 aliphatic heterocycles. The molecule has 0 atom stereocenters. The maximum absolute atomic E-state index is 5.37. The highest BCUT2D eigenvalue weighted by Crippen LogP contribution is 2.29. The molecule has 0 spiro atoms. The minimum Gasteiger partial charge on any atom is -0.378 e. The Labute approximate surface area is 119 Å². The van der Waals surface area contributed by atoms with Crippen molar-refractivity contribution in [1.29, 1.82) is 0 Å². The Balaban J connectivity index is 1.75. The minimum absolute atomic E-state index is 0.495. The van der Waals surface area contributed by atoms with Crippen LogP contribution in [0.15, 0.2) is 0 Å². The van der Waals surface area contributed by atoms with Crippen LogP contribution in [-0.2, 0) is 4.74 Å². The van der Waals surface area contributed by atoms with E-state index in [9.17, 15) is 0 Å². The summed E-state index contributed by atoms with van der Waals surface area (Å²) in [5.41, 5.74) is 0. The van der Waals surface area contributed by atoms with Gasteiger partial charge in [0.1, 0.15) is 0 Å². The zero-order chi connectivity index (χ0) is 13.9. The average Bonchev–Trinajstić information content (AvgIpc) is 2.46. The van der Waals surface area contributed by atoms with Gasteiger partial charge in [-0.3, -0.25) is 0 Å². The summed E-state index contributed by atoms with van der Waals surface area (Å²) in [6, 6.07) is 0.495. The molecular weight excluding hydrogens is 256 g/mol. The highest BCUT2D eigenvalue weighted by atomic mass is 16.5. The van der Waals surface area contributed by atoms with Crippen LogP contribution in [0.1, 0.15) is 19.8 Å². The molecule has 1 aromatic heterocycles. The Morgan fingerprint density at radius 2 is 1.80 bits per heavy atom. The van der Waals surface area contributed by atoms with E-state index in [2.05, 4.69) is 37.4 Å². The number of hydrogen-bond acceptors (Lipinski definition) is 7. The molecule has 0 unspecified atom stereocenters. The second kappa shape index (κ2) is 5.78. The van der Waals surface area contributed by atoms with Gasteiger partial charge in [0, 0.05) is 26.2 Å². The molecule has 3 rings (SSSR count). The number of rotatable bonds is 4. The molecule has 7 nitrogen and oxygen atoms in total. The average molecular weight is 278 g/mol. The number of ether oxygens (including phenoxy) is 1. The number of anilines is 3. The zero-order valence-corrected chi connectivity index (χ0v) is 12.1. The van der Waals surface area contributed by atoms with Gasteiger partial charge in [0.15, 0.2) is 0 Å². The van der Waals surface area contributed by atoms with E-state index in [0.717, 1.165) is 38.2 Å². The molecule has 0 aromatic carbocycles. The van der Waals surface area contributed by atoms with E-state index in [-0.39, 0.29) is 0 Å². The molecule has 2 N–H and O–H groups in total. The van der Waals surface area contributed by atoms with Gasteiger partial charge >= 0.3 is 0 Å². The van der Waals surface area contributed by atoms with Gasteiger partial charge in [-0.1, -0.05) is 6.92 Å². The van der Waals surface area contributed by atoms with Crippen molar-refractivity contribution in [3.05, 3.63) is 0 Å². The Kier molecular flexibility index (Phi) is 3.86. The molecule has 2 aliphatic rings. The number of aromatic nitrogens is 3. The smallest absolute Gasteiger partial charge is 0.232 e. The first-order chi connectivity index (χ1) is 9.74. The van der Waals surface area contributed by atoms with Gasteiger partial charge in [0.25, 0.3) is 0 Å². The fourth-order valence-electron chi connectivity index (χ4n) is 2.65. The lowest BCUT2D eigenvalue weighted by Gasteiger charge is -2.33. The maximum atomic E-state index is 5.37. The molecule has 0 radical (unpaired) electrons. The summed E-state index contributed by atoms with van der Waals surface area (Å²) in [5.74, 6) is 2.80. The van der Waals surface area contributed by atoms with Crippen LogP contribution < -0.4 is 15.5 Å².